The lowest BCUT2D eigenvalue weighted by Gasteiger charge is -2.03. The SMILES string of the molecule is CN1C(=O)C(=Cc2ccco2)SC1=S. The number of amides is 1. The highest BCUT2D eigenvalue weighted by molar-refractivity contribution is 8.26. The zero-order chi connectivity index (χ0) is 10.1. The molecule has 2 heterocycles. The van der Waals surface area contributed by atoms with Gasteiger partial charge in [-0.05, 0) is 12.1 Å². The number of thioether (sulfide) groups is 1. The molecule has 2 rings (SSSR count). The van der Waals surface area contributed by atoms with E-state index in [0.717, 1.165) is 0 Å². The van der Waals surface area contributed by atoms with Crippen molar-refractivity contribution in [2.75, 3.05) is 7.05 Å². The molecule has 1 amide bonds. The van der Waals surface area contributed by atoms with Crippen molar-refractivity contribution in [2.45, 2.75) is 0 Å². The first-order chi connectivity index (χ1) is 6.68. The van der Waals surface area contributed by atoms with E-state index in [0.29, 0.717) is 15.0 Å². The Morgan fingerprint density at radius 3 is 2.93 bits per heavy atom. The van der Waals surface area contributed by atoms with E-state index in [-0.39, 0.29) is 5.91 Å². The van der Waals surface area contributed by atoms with Crippen molar-refractivity contribution in [1.29, 1.82) is 0 Å². The Morgan fingerprint density at radius 2 is 2.43 bits per heavy atom. The average Bonchev–Trinajstić information content (AvgIpc) is 2.73. The number of hydrogen-bond acceptors (Lipinski definition) is 4. The predicted molar refractivity (Wildman–Crippen MR) is 59.6 cm³/mol. The van der Waals surface area contributed by atoms with Crippen LogP contribution in [0.5, 0.6) is 0 Å². The van der Waals surface area contributed by atoms with Gasteiger partial charge in [0.15, 0.2) is 0 Å². The van der Waals surface area contributed by atoms with Crippen molar-refractivity contribution < 1.29 is 9.21 Å². The standard InChI is InChI=1S/C9H7NO2S2/c1-10-8(11)7(14-9(10)13)5-6-3-2-4-12-6/h2-5H,1H3. The lowest BCUT2D eigenvalue weighted by Crippen LogP contribution is -2.22. The fourth-order valence-corrected chi connectivity index (χ4v) is 2.21. The summed E-state index contributed by atoms with van der Waals surface area (Å²) in [4.78, 5) is 13.6. The molecular weight excluding hydrogens is 218 g/mol. The molecule has 1 aliphatic heterocycles. The van der Waals surface area contributed by atoms with E-state index in [4.69, 9.17) is 16.6 Å². The number of rotatable bonds is 1. The summed E-state index contributed by atoms with van der Waals surface area (Å²) < 4.78 is 5.69. The molecule has 0 saturated carbocycles. The average molecular weight is 225 g/mol. The topological polar surface area (TPSA) is 33.5 Å². The molecule has 0 spiro atoms. The number of carbonyl (C=O) groups excluding carboxylic acids is 1. The third-order valence-electron chi connectivity index (χ3n) is 1.80. The van der Waals surface area contributed by atoms with E-state index < -0.39 is 0 Å². The lowest BCUT2D eigenvalue weighted by atomic mass is 10.4. The first-order valence-corrected chi connectivity index (χ1v) is 5.16. The minimum absolute atomic E-state index is 0.0728. The van der Waals surface area contributed by atoms with Gasteiger partial charge < -0.3 is 4.42 Å². The Bertz CT molecular complexity index is 408. The van der Waals surface area contributed by atoms with Gasteiger partial charge in [-0.1, -0.05) is 24.0 Å². The second-order valence-electron chi connectivity index (χ2n) is 2.76. The van der Waals surface area contributed by atoms with E-state index in [9.17, 15) is 4.79 Å². The predicted octanol–water partition coefficient (Wildman–Crippen LogP) is 2.11. The van der Waals surface area contributed by atoms with Gasteiger partial charge in [0.1, 0.15) is 10.1 Å². The molecular formula is C9H7NO2S2. The monoisotopic (exact) mass is 225 g/mol. The van der Waals surface area contributed by atoms with Crippen molar-refractivity contribution in [3.05, 3.63) is 29.1 Å². The number of carbonyl (C=O) groups is 1. The van der Waals surface area contributed by atoms with Crippen LogP contribution in [0.1, 0.15) is 5.76 Å². The molecule has 0 radical (unpaired) electrons. The first-order valence-electron chi connectivity index (χ1n) is 3.93. The molecule has 0 aromatic carbocycles. The molecule has 14 heavy (non-hydrogen) atoms. The van der Waals surface area contributed by atoms with Gasteiger partial charge in [0.2, 0.25) is 0 Å². The van der Waals surface area contributed by atoms with Gasteiger partial charge in [-0.15, -0.1) is 0 Å². The Balaban J connectivity index is 2.29. The van der Waals surface area contributed by atoms with Crippen LogP contribution in [-0.4, -0.2) is 22.2 Å². The van der Waals surface area contributed by atoms with E-state index in [1.807, 2.05) is 0 Å². The highest BCUT2D eigenvalue weighted by atomic mass is 32.2. The molecule has 1 aliphatic rings. The molecule has 1 aromatic heterocycles. The van der Waals surface area contributed by atoms with E-state index in [1.165, 1.54) is 16.7 Å². The van der Waals surface area contributed by atoms with Crippen molar-refractivity contribution in [1.82, 2.24) is 4.90 Å². The highest BCUT2D eigenvalue weighted by Gasteiger charge is 2.28. The Labute approximate surface area is 90.8 Å². The number of likely N-dealkylation sites (N-methyl/N-ethyl adjacent to an activating group) is 1. The first kappa shape index (κ1) is 9.48. The van der Waals surface area contributed by atoms with Crippen LogP contribution >= 0.6 is 24.0 Å². The number of thiocarbonyl (C=S) groups is 1. The zero-order valence-electron chi connectivity index (χ0n) is 7.39. The summed E-state index contributed by atoms with van der Waals surface area (Å²) in [6.07, 6.45) is 3.27. The molecule has 1 aromatic rings. The molecule has 5 heteroatoms. The normalized spacial score (nSPS) is 19.8. The summed E-state index contributed by atoms with van der Waals surface area (Å²) >= 11 is 6.28. The van der Waals surface area contributed by atoms with Gasteiger partial charge in [-0.25, -0.2) is 0 Å². The van der Waals surface area contributed by atoms with Crippen LogP contribution in [0.15, 0.2) is 27.7 Å². The quantitative estimate of drug-likeness (QED) is 0.541. The summed E-state index contributed by atoms with van der Waals surface area (Å²) in [5.41, 5.74) is 0. The fourth-order valence-electron chi connectivity index (χ4n) is 1.05. The largest absolute Gasteiger partial charge is 0.465 e. The molecule has 0 bridgehead atoms. The number of furan rings is 1. The maximum absolute atomic E-state index is 11.5. The van der Waals surface area contributed by atoms with Crippen LogP contribution < -0.4 is 0 Å². The fraction of sp³-hybridized carbons (Fsp3) is 0.111. The summed E-state index contributed by atoms with van der Waals surface area (Å²) in [6.45, 7) is 0. The van der Waals surface area contributed by atoms with Crippen LogP contribution in [0.25, 0.3) is 6.08 Å². The van der Waals surface area contributed by atoms with Gasteiger partial charge in [-0.2, -0.15) is 0 Å². The summed E-state index contributed by atoms with van der Waals surface area (Å²) in [6, 6.07) is 3.57. The molecule has 1 fully saturated rings. The van der Waals surface area contributed by atoms with Crippen LogP contribution in [0.4, 0.5) is 0 Å². The number of hydrogen-bond donors (Lipinski definition) is 0. The van der Waals surface area contributed by atoms with Gasteiger partial charge in [0.05, 0.1) is 11.2 Å². The van der Waals surface area contributed by atoms with Crippen LogP contribution in [0.3, 0.4) is 0 Å². The third kappa shape index (κ3) is 1.60. The van der Waals surface area contributed by atoms with Crippen molar-refractivity contribution in [3.63, 3.8) is 0 Å². The smallest absolute Gasteiger partial charge is 0.266 e. The van der Waals surface area contributed by atoms with Crippen molar-refractivity contribution in [3.8, 4) is 0 Å². The van der Waals surface area contributed by atoms with E-state index >= 15 is 0 Å². The van der Waals surface area contributed by atoms with E-state index in [2.05, 4.69) is 0 Å². The minimum Gasteiger partial charge on any atom is -0.465 e. The molecule has 0 atom stereocenters. The second-order valence-corrected chi connectivity index (χ2v) is 4.43. The molecule has 0 N–H and O–H groups in total. The van der Waals surface area contributed by atoms with Gasteiger partial charge in [-0.3, -0.25) is 9.69 Å². The van der Waals surface area contributed by atoms with Gasteiger partial charge in [0, 0.05) is 13.1 Å². The summed E-state index contributed by atoms with van der Waals surface area (Å²) in [5.74, 6) is 0.593. The highest BCUT2D eigenvalue weighted by Crippen LogP contribution is 2.31. The van der Waals surface area contributed by atoms with Crippen LogP contribution in [0, 0.1) is 0 Å². The lowest BCUT2D eigenvalue weighted by molar-refractivity contribution is -0.121. The molecule has 0 aliphatic carbocycles. The summed E-state index contributed by atoms with van der Waals surface area (Å²) in [5, 5.41) is 0. The zero-order valence-corrected chi connectivity index (χ0v) is 9.02. The van der Waals surface area contributed by atoms with E-state index in [1.54, 1.807) is 31.5 Å². The van der Waals surface area contributed by atoms with Gasteiger partial charge in [0.25, 0.3) is 5.91 Å². The molecule has 72 valence electrons. The van der Waals surface area contributed by atoms with Crippen molar-refractivity contribution >= 4 is 40.3 Å². The maximum Gasteiger partial charge on any atom is 0.266 e. The van der Waals surface area contributed by atoms with Crippen LogP contribution in [0.2, 0.25) is 0 Å². The Hall–Kier alpha value is -1.07. The molecule has 1 saturated heterocycles. The Kier molecular flexibility index (Phi) is 2.43. The molecule has 0 unspecified atom stereocenters. The van der Waals surface area contributed by atoms with Crippen LogP contribution in [-0.2, 0) is 4.79 Å². The number of nitrogens with zero attached hydrogens (tertiary/aromatic N) is 1. The summed E-state index contributed by atoms with van der Waals surface area (Å²) in [7, 11) is 1.67. The molecule has 3 nitrogen and oxygen atoms in total. The van der Waals surface area contributed by atoms with Crippen molar-refractivity contribution in [2.24, 2.45) is 0 Å². The minimum atomic E-state index is -0.0728. The second kappa shape index (κ2) is 3.59. The Morgan fingerprint density at radius 1 is 1.64 bits per heavy atom. The third-order valence-corrected chi connectivity index (χ3v) is 3.29. The maximum atomic E-state index is 11.5. The van der Waals surface area contributed by atoms with Gasteiger partial charge >= 0.3 is 0 Å².